The molecule has 0 spiro atoms. The Balaban J connectivity index is 1.54. The van der Waals surface area contributed by atoms with Crippen LogP contribution in [0.25, 0.3) is 5.82 Å². The van der Waals surface area contributed by atoms with E-state index in [0.717, 1.165) is 36.1 Å². The Bertz CT molecular complexity index is 1180. The van der Waals surface area contributed by atoms with Gasteiger partial charge in [0.15, 0.2) is 11.6 Å². The number of unbranched alkanes of at least 4 members (excludes halogenated alkanes) is 2. The zero-order valence-electron chi connectivity index (χ0n) is 16.6. The summed E-state index contributed by atoms with van der Waals surface area (Å²) in [6.45, 7) is 0.513. The van der Waals surface area contributed by atoms with Gasteiger partial charge in [-0.2, -0.15) is 33.3 Å². The molecule has 4 N–H and O–H groups in total. The molecule has 0 unspecified atom stereocenters. The summed E-state index contributed by atoms with van der Waals surface area (Å²) in [6.07, 6.45) is 0.423. The third-order valence-corrected chi connectivity index (χ3v) is 4.98. The number of rotatable bonds is 8. The standard InChI is InChI=1S/C19H18ClF3N8O/c20-16-14(26-7-3-1-2-4-13-12(8-24)17(25)30-29-13)10-28-31(18(16)32)15-6-5-11(9-27-15)19(21,22)23/h5-6,9-10,26H,1-4,7H2,(H3,25,29,30). The summed E-state index contributed by atoms with van der Waals surface area (Å²) in [5, 5.41) is 22.4. The Kier molecular flexibility index (Phi) is 6.99. The molecule has 13 heteroatoms. The van der Waals surface area contributed by atoms with E-state index < -0.39 is 17.3 Å². The fourth-order valence-corrected chi connectivity index (χ4v) is 3.12. The number of aromatic nitrogens is 5. The van der Waals surface area contributed by atoms with Crippen LogP contribution in [0.3, 0.4) is 0 Å². The van der Waals surface area contributed by atoms with Crippen molar-refractivity contribution >= 4 is 23.1 Å². The first-order valence-corrected chi connectivity index (χ1v) is 9.88. The maximum Gasteiger partial charge on any atom is 0.417 e. The SMILES string of the molecule is N#Cc1c(N)n[nH]c1CCCCCNc1cnn(-c2ccc(C(F)(F)F)cn2)c(=O)c1Cl. The minimum atomic E-state index is -4.53. The number of nitrogens with one attached hydrogen (secondary N) is 2. The normalized spacial score (nSPS) is 11.3. The molecular formula is C19H18ClF3N8O. The van der Waals surface area contributed by atoms with E-state index in [0.29, 0.717) is 36.1 Å². The maximum atomic E-state index is 12.7. The second-order valence-corrected chi connectivity index (χ2v) is 7.18. The molecule has 0 atom stereocenters. The van der Waals surface area contributed by atoms with Crippen LogP contribution in [0, 0.1) is 11.3 Å². The molecule has 3 aromatic heterocycles. The fraction of sp³-hybridized carbons (Fsp3) is 0.316. The Labute approximate surface area is 185 Å². The van der Waals surface area contributed by atoms with Crippen molar-refractivity contribution in [2.75, 3.05) is 17.6 Å². The molecule has 0 aliphatic carbocycles. The molecule has 0 aromatic carbocycles. The average Bonchev–Trinajstić information content (AvgIpc) is 3.12. The number of anilines is 2. The number of nitriles is 1. The maximum absolute atomic E-state index is 12.7. The van der Waals surface area contributed by atoms with Crippen LogP contribution in [0.2, 0.25) is 5.02 Å². The summed E-state index contributed by atoms with van der Waals surface area (Å²) >= 11 is 6.11. The van der Waals surface area contributed by atoms with Crippen molar-refractivity contribution in [3.05, 3.63) is 56.7 Å². The number of nitrogens with zero attached hydrogens (tertiary/aromatic N) is 5. The molecule has 0 amide bonds. The molecule has 168 valence electrons. The van der Waals surface area contributed by atoms with Gasteiger partial charge in [-0.15, -0.1) is 0 Å². The highest BCUT2D eigenvalue weighted by Crippen LogP contribution is 2.28. The van der Waals surface area contributed by atoms with E-state index >= 15 is 0 Å². The van der Waals surface area contributed by atoms with Crippen molar-refractivity contribution in [1.29, 1.82) is 5.26 Å². The van der Waals surface area contributed by atoms with Crippen LogP contribution in [-0.4, -0.2) is 31.5 Å². The summed E-state index contributed by atoms with van der Waals surface area (Å²) in [6, 6.07) is 3.88. The molecule has 0 fully saturated rings. The topological polar surface area (TPSA) is 138 Å². The molecule has 3 aromatic rings. The van der Waals surface area contributed by atoms with Crippen LogP contribution in [0.15, 0.2) is 29.3 Å². The first kappa shape index (κ1) is 23.1. The number of halogens is 4. The third-order valence-electron chi connectivity index (χ3n) is 4.61. The highest BCUT2D eigenvalue weighted by molar-refractivity contribution is 6.32. The number of nitrogen functional groups attached to an aromatic ring is 1. The van der Waals surface area contributed by atoms with Gasteiger partial charge >= 0.3 is 6.18 Å². The summed E-state index contributed by atoms with van der Waals surface area (Å²) in [7, 11) is 0. The fourth-order valence-electron chi connectivity index (χ4n) is 2.92. The van der Waals surface area contributed by atoms with Gasteiger partial charge in [0.25, 0.3) is 5.56 Å². The highest BCUT2D eigenvalue weighted by atomic mass is 35.5. The summed E-state index contributed by atoms with van der Waals surface area (Å²) in [5.41, 5.74) is 5.34. The average molecular weight is 467 g/mol. The molecule has 0 saturated heterocycles. The molecule has 9 nitrogen and oxygen atoms in total. The zero-order chi connectivity index (χ0) is 23.3. The lowest BCUT2D eigenvalue weighted by Crippen LogP contribution is -2.24. The number of hydrogen-bond acceptors (Lipinski definition) is 7. The Morgan fingerprint density at radius 1 is 1.25 bits per heavy atom. The van der Waals surface area contributed by atoms with Crippen molar-refractivity contribution in [2.45, 2.75) is 31.9 Å². The molecule has 32 heavy (non-hydrogen) atoms. The number of hydrogen-bond donors (Lipinski definition) is 3. The van der Waals surface area contributed by atoms with Crippen LogP contribution in [0.1, 0.15) is 36.1 Å². The van der Waals surface area contributed by atoms with Crippen LogP contribution in [0.4, 0.5) is 24.7 Å². The van der Waals surface area contributed by atoms with E-state index in [1.165, 1.54) is 6.20 Å². The Morgan fingerprint density at radius 3 is 2.69 bits per heavy atom. The van der Waals surface area contributed by atoms with Gasteiger partial charge in [-0.1, -0.05) is 18.0 Å². The Hall–Kier alpha value is -3.59. The second kappa shape index (κ2) is 9.69. The van der Waals surface area contributed by atoms with Crippen LogP contribution in [-0.2, 0) is 12.6 Å². The molecule has 0 radical (unpaired) electrons. The van der Waals surface area contributed by atoms with Crippen molar-refractivity contribution in [3.63, 3.8) is 0 Å². The number of aryl methyl sites for hydroxylation is 1. The van der Waals surface area contributed by atoms with E-state index in [-0.39, 0.29) is 16.7 Å². The number of pyridine rings is 1. The lowest BCUT2D eigenvalue weighted by molar-refractivity contribution is -0.137. The number of H-pyrrole nitrogens is 1. The quantitative estimate of drug-likeness (QED) is 0.433. The molecular weight excluding hydrogens is 449 g/mol. The first-order valence-electron chi connectivity index (χ1n) is 9.50. The molecule has 0 saturated carbocycles. The molecule has 3 heterocycles. The number of alkyl halides is 3. The van der Waals surface area contributed by atoms with Gasteiger partial charge in [-0.25, -0.2) is 4.98 Å². The van der Waals surface area contributed by atoms with E-state index in [1.807, 2.05) is 6.07 Å². The summed E-state index contributed by atoms with van der Waals surface area (Å²) < 4.78 is 38.8. The van der Waals surface area contributed by atoms with E-state index in [2.05, 4.69) is 25.6 Å². The van der Waals surface area contributed by atoms with Crippen molar-refractivity contribution in [2.24, 2.45) is 0 Å². The van der Waals surface area contributed by atoms with Crippen molar-refractivity contribution in [3.8, 4) is 11.9 Å². The van der Waals surface area contributed by atoms with Gasteiger partial charge in [-0.3, -0.25) is 9.89 Å². The summed E-state index contributed by atoms with van der Waals surface area (Å²) in [4.78, 5) is 16.1. The van der Waals surface area contributed by atoms with Gasteiger partial charge in [0.1, 0.15) is 16.7 Å². The van der Waals surface area contributed by atoms with Gasteiger partial charge in [0.05, 0.1) is 23.1 Å². The number of nitrogens with two attached hydrogens (primary N) is 1. The monoisotopic (exact) mass is 466 g/mol. The zero-order valence-corrected chi connectivity index (χ0v) is 17.3. The predicted molar refractivity (Wildman–Crippen MR) is 111 cm³/mol. The Morgan fingerprint density at radius 2 is 2.03 bits per heavy atom. The molecule has 3 rings (SSSR count). The number of aromatic amines is 1. The minimum Gasteiger partial charge on any atom is -0.382 e. The van der Waals surface area contributed by atoms with Gasteiger partial charge in [0.2, 0.25) is 0 Å². The lowest BCUT2D eigenvalue weighted by Gasteiger charge is -2.11. The van der Waals surface area contributed by atoms with Crippen LogP contribution in [0.5, 0.6) is 0 Å². The molecule has 0 aliphatic heterocycles. The van der Waals surface area contributed by atoms with Gasteiger partial charge < -0.3 is 11.1 Å². The van der Waals surface area contributed by atoms with Crippen molar-refractivity contribution < 1.29 is 13.2 Å². The minimum absolute atomic E-state index is 0.0763. The van der Waals surface area contributed by atoms with Gasteiger partial charge in [-0.05, 0) is 31.4 Å². The smallest absolute Gasteiger partial charge is 0.382 e. The van der Waals surface area contributed by atoms with Crippen molar-refractivity contribution in [1.82, 2.24) is 25.0 Å². The first-order chi connectivity index (χ1) is 15.2. The van der Waals surface area contributed by atoms with E-state index in [9.17, 15) is 18.0 Å². The van der Waals surface area contributed by atoms with Crippen LogP contribution >= 0.6 is 11.6 Å². The molecule has 0 bridgehead atoms. The van der Waals surface area contributed by atoms with Gasteiger partial charge in [0, 0.05) is 12.7 Å². The van der Waals surface area contributed by atoms with E-state index in [4.69, 9.17) is 22.6 Å². The summed E-state index contributed by atoms with van der Waals surface area (Å²) in [5.74, 6) is 0.111. The lowest BCUT2D eigenvalue weighted by atomic mass is 10.1. The predicted octanol–water partition coefficient (Wildman–Crippen LogP) is 3.30. The highest BCUT2D eigenvalue weighted by Gasteiger charge is 2.30. The largest absolute Gasteiger partial charge is 0.417 e. The third kappa shape index (κ3) is 5.17. The molecule has 0 aliphatic rings. The second-order valence-electron chi connectivity index (χ2n) is 6.80. The van der Waals surface area contributed by atoms with Crippen LogP contribution < -0.4 is 16.6 Å². The van der Waals surface area contributed by atoms with E-state index in [1.54, 1.807) is 0 Å².